The normalized spacial score (nSPS) is 15.4. The lowest BCUT2D eigenvalue weighted by Gasteiger charge is -2.18. The molecule has 7 heteroatoms. The number of anilines is 1. The lowest BCUT2D eigenvalue weighted by Crippen LogP contribution is -2.21. The quantitative estimate of drug-likeness (QED) is 0.536. The molecule has 0 unspecified atom stereocenters. The van der Waals surface area contributed by atoms with Crippen molar-refractivity contribution in [2.45, 2.75) is 52.5 Å². The molecule has 1 aliphatic heterocycles. The van der Waals surface area contributed by atoms with Crippen LogP contribution in [-0.4, -0.2) is 14.7 Å². The van der Waals surface area contributed by atoms with Crippen LogP contribution in [0.1, 0.15) is 49.9 Å². The molecule has 0 amide bonds. The fourth-order valence-corrected chi connectivity index (χ4v) is 4.27. The summed E-state index contributed by atoms with van der Waals surface area (Å²) in [4.78, 5) is 14.9. The van der Waals surface area contributed by atoms with Crippen molar-refractivity contribution in [3.8, 4) is 0 Å². The number of rotatable bonds is 3. The first-order valence-electron chi connectivity index (χ1n) is 10.1. The van der Waals surface area contributed by atoms with Gasteiger partial charge in [0.05, 0.1) is 15.8 Å². The number of nitrogens with zero attached hydrogens (tertiary/aromatic N) is 2. The topological polar surface area (TPSA) is 62.9 Å². The van der Waals surface area contributed by atoms with E-state index >= 15 is 0 Å². The second-order valence-electron chi connectivity index (χ2n) is 8.95. The van der Waals surface area contributed by atoms with Gasteiger partial charge in [-0.15, -0.1) is 0 Å². The first-order chi connectivity index (χ1) is 14.5. The Morgan fingerprint density at radius 1 is 1.13 bits per heavy atom. The van der Waals surface area contributed by atoms with Crippen LogP contribution in [0.3, 0.4) is 0 Å². The standard InChI is InChI=1S/C24H25FN2O3S/c1-14-8-19(15(2)26-31(29)24(3,4)5)23-20(9-14)21(28)11-22(30-23)27-12-16-6-7-18(25)10-17(16)13-27/h6-11H,12-13H2,1-5H3/t31-/m1/s1. The van der Waals surface area contributed by atoms with Gasteiger partial charge in [-0.2, -0.15) is 4.40 Å². The van der Waals surface area contributed by atoms with Crippen molar-refractivity contribution in [1.82, 2.24) is 0 Å². The average Bonchev–Trinajstić information content (AvgIpc) is 3.10. The number of aryl methyl sites for hydroxylation is 1. The van der Waals surface area contributed by atoms with Gasteiger partial charge in [0.25, 0.3) is 0 Å². The van der Waals surface area contributed by atoms with Crippen molar-refractivity contribution in [2.24, 2.45) is 4.40 Å². The molecule has 1 aliphatic rings. The summed E-state index contributed by atoms with van der Waals surface area (Å²) in [6.07, 6.45) is 0. The van der Waals surface area contributed by atoms with E-state index in [0.717, 1.165) is 16.7 Å². The molecule has 0 spiro atoms. The van der Waals surface area contributed by atoms with Crippen LogP contribution < -0.4 is 10.3 Å². The molecule has 4 rings (SSSR count). The van der Waals surface area contributed by atoms with Crippen molar-refractivity contribution >= 4 is 33.6 Å². The fraction of sp³-hybridized carbons (Fsp3) is 0.333. The summed E-state index contributed by atoms with van der Waals surface area (Å²) < 4.78 is 36.3. The first-order valence-corrected chi connectivity index (χ1v) is 11.2. The Kier molecular flexibility index (Phi) is 5.33. The number of hydrogen-bond donors (Lipinski definition) is 0. The third kappa shape index (κ3) is 4.19. The van der Waals surface area contributed by atoms with Crippen LogP contribution in [0.15, 0.2) is 50.0 Å². The minimum absolute atomic E-state index is 0.159. The summed E-state index contributed by atoms with van der Waals surface area (Å²) in [5, 5.41) is 0.456. The summed E-state index contributed by atoms with van der Waals surface area (Å²) in [7, 11) is -1.44. The van der Waals surface area contributed by atoms with E-state index in [1.165, 1.54) is 18.2 Å². The Balaban J connectivity index is 1.82. The van der Waals surface area contributed by atoms with Gasteiger partial charge in [0.1, 0.15) is 22.4 Å². The SMILES string of the molecule is CC(=N[S@](=O)C(C)(C)C)c1cc(C)cc2c(=O)cc(N3Cc4ccc(F)cc4C3)oc12. The van der Waals surface area contributed by atoms with E-state index in [1.807, 2.05) is 38.7 Å². The minimum Gasteiger partial charge on any atom is -0.440 e. The van der Waals surface area contributed by atoms with Crippen molar-refractivity contribution in [3.63, 3.8) is 0 Å². The summed E-state index contributed by atoms with van der Waals surface area (Å²) in [5.74, 6) is 0.140. The molecule has 0 radical (unpaired) electrons. The van der Waals surface area contributed by atoms with E-state index in [4.69, 9.17) is 4.42 Å². The van der Waals surface area contributed by atoms with Crippen LogP contribution in [0, 0.1) is 12.7 Å². The van der Waals surface area contributed by atoms with Gasteiger partial charge in [0.15, 0.2) is 5.43 Å². The lowest BCUT2D eigenvalue weighted by atomic mass is 10.0. The molecule has 0 fully saturated rings. The Labute approximate surface area is 183 Å². The van der Waals surface area contributed by atoms with Crippen LogP contribution in [0.4, 0.5) is 10.3 Å². The van der Waals surface area contributed by atoms with E-state index < -0.39 is 15.7 Å². The van der Waals surface area contributed by atoms with Crippen LogP contribution in [-0.2, 0) is 24.1 Å². The molecule has 0 aliphatic carbocycles. The third-order valence-electron chi connectivity index (χ3n) is 5.30. The van der Waals surface area contributed by atoms with E-state index in [1.54, 1.807) is 19.1 Å². The Hall–Kier alpha value is -2.80. The van der Waals surface area contributed by atoms with E-state index in [-0.39, 0.29) is 11.2 Å². The molecule has 162 valence electrons. The summed E-state index contributed by atoms with van der Waals surface area (Å²) >= 11 is 0. The van der Waals surface area contributed by atoms with Gasteiger partial charge >= 0.3 is 0 Å². The fourth-order valence-electron chi connectivity index (χ4n) is 3.64. The second kappa shape index (κ2) is 7.71. The molecular formula is C24H25FN2O3S. The average molecular weight is 441 g/mol. The van der Waals surface area contributed by atoms with Crippen LogP contribution in [0.2, 0.25) is 0 Å². The van der Waals surface area contributed by atoms with Crippen LogP contribution in [0.5, 0.6) is 0 Å². The molecule has 0 bridgehead atoms. The van der Waals surface area contributed by atoms with Gasteiger partial charge in [-0.3, -0.25) is 4.79 Å². The second-order valence-corrected chi connectivity index (χ2v) is 10.9. The van der Waals surface area contributed by atoms with E-state index in [9.17, 15) is 13.4 Å². The van der Waals surface area contributed by atoms with Gasteiger partial charge in [0.2, 0.25) is 5.88 Å². The van der Waals surface area contributed by atoms with Crippen molar-refractivity contribution in [2.75, 3.05) is 4.90 Å². The maximum absolute atomic E-state index is 13.6. The van der Waals surface area contributed by atoms with Gasteiger partial charge < -0.3 is 9.32 Å². The predicted octanol–water partition coefficient (Wildman–Crippen LogP) is 5.03. The molecule has 0 N–H and O–H groups in total. The van der Waals surface area contributed by atoms with Gasteiger partial charge in [-0.25, -0.2) is 8.60 Å². The molecule has 3 aromatic rings. The highest BCUT2D eigenvalue weighted by atomic mass is 32.2. The Morgan fingerprint density at radius 2 is 1.84 bits per heavy atom. The number of fused-ring (bicyclic) bond motifs is 2. The maximum atomic E-state index is 13.6. The number of hydrogen-bond acceptors (Lipinski definition) is 4. The Bertz CT molecular complexity index is 1300. The van der Waals surface area contributed by atoms with Gasteiger partial charge in [-0.1, -0.05) is 6.07 Å². The van der Waals surface area contributed by atoms with Crippen molar-refractivity contribution in [1.29, 1.82) is 0 Å². The Morgan fingerprint density at radius 3 is 2.55 bits per heavy atom. The highest BCUT2D eigenvalue weighted by molar-refractivity contribution is 7.85. The number of halogens is 1. The molecule has 2 aromatic carbocycles. The smallest absolute Gasteiger partial charge is 0.200 e. The zero-order valence-electron chi connectivity index (χ0n) is 18.3. The molecule has 1 aromatic heterocycles. The first kappa shape index (κ1) is 21.4. The third-order valence-corrected chi connectivity index (χ3v) is 6.78. The van der Waals surface area contributed by atoms with Crippen molar-refractivity contribution in [3.05, 3.63) is 74.7 Å². The number of benzene rings is 2. The summed E-state index contributed by atoms with van der Waals surface area (Å²) in [5.41, 5.74) is 4.23. The van der Waals surface area contributed by atoms with Gasteiger partial charge in [0, 0.05) is 24.7 Å². The van der Waals surface area contributed by atoms with Gasteiger partial charge in [-0.05, 0) is 75.6 Å². The molecular weight excluding hydrogens is 415 g/mol. The van der Waals surface area contributed by atoms with E-state index in [2.05, 4.69) is 4.40 Å². The molecule has 0 saturated heterocycles. The zero-order chi connectivity index (χ0) is 22.5. The predicted molar refractivity (Wildman–Crippen MR) is 124 cm³/mol. The van der Waals surface area contributed by atoms with Crippen molar-refractivity contribution < 1.29 is 13.0 Å². The van der Waals surface area contributed by atoms with Crippen LogP contribution in [0.25, 0.3) is 11.0 Å². The molecule has 31 heavy (non-hydrogen) atoms. The monoisotopic (exact) mass is 440 g/mol. The van der Waals surface area contributed by atoms with E-state index in [0.29, 0.717) is 41.2 Å². The summed E-state index contributed by atoms with van der Waals surface area (Å²) in [6.45, 7) is 10.3. The zero-order valence-corrected chi connectivity index (χ0v) is 19.1. The molecule has 2 heterocycles. The molecule has 5 nitrogen and oxygen atoms in total. The minimum atomic E-state index is -1.44. The molecule has 0 saturated carbocycles. The molecule has 1 atom stereocenters. The maximum Gasteiger partial charge on any atom is 0.200 e. The largest absolute Gasteiger partial charge is 0.440 e. The highest BCUT2D eigenvalue weighted by Crippen LogP contribution is 2.31. The van der Waals surface area contributed by atoms with Crippen LogP contribution >= 0.6 is 0 Å². The lowest BCUT2D eigenvalue weighted by molar-refractivity contribution is 0.575. The highest BCUT2D eigenvalue weighted by Gasteiger charge is 2.24. The summed E-state index contributed by atoms with van der Waals surface area (Å²) in [6, 6.07) is 9.88.